The number of hydrogen-bond acceptors (Lipinski definition) is 9. The summed E-state index contributed by atoms with van der Waals surface area (Å²) in [6.45, 7) is 9.02. The molecule has 0 spiro atoms. The lowest BCUT2D eigenvalue weighted by Crippen LogP contribution is -2.57. The van der Waals surface area contributed by atoms with Crippen molar-refractivity contribution >= 4 is 33.3 Å². The third-order valence-corrected chi connectivity index (χ3v) is 11.0. The van der Waals surface area contributed by atoms with Gasteiger partial charge in [-0.25, -0.2) is 18.2 Å². The number of sulfonamides is 1. The standard InChI is InChI=1S/C35H49N5O7S2/c1-24(2)19-39(49(44,45)29-14-12-28(47-6)13-15-29)21-31(41)30(18-26-10-8-7-9-11-26)37-34(42)33(25(3)4)40-17-16-38(35(40)43)20-27-23-48-32(36-27)22-46-5/h7-15,23-25,30-31,33,41H,16-22H2,1-6H3,(H,37,42)/t30-,31+,33-/m0/s1. The van der Waals surface area contributed by atoms with Gasteiger partial charge in [-0.05, 0) is 48.1 Å². The predicted octanol–water partition coefficient (Wildman–Crippen LogP) is 4.00. The molecule has 1 aromatic heterocycles. The summed E-state index contributed by atoms with van der Waals surface area (Å²) in [5.41, 5.74) is 1.63. The minimum Gasteiger partial charge on any atom is -0.497 e. The molecule has 0 bridgehead atoms. The maximum atomic E-state index is 14.1. The van der Waals surface area contributed by atoms with Crippen molar-refractivity contribution in [2.75, 3.05) is 40.4 Å². The highest BCUT2D eigenvalue weighted by Gasteiger charge is 2.40. The molecule has 1 fully saturated rings. The number of carbonyl (C=O) groups excluding carboxylic acids is 2. The molecule has 2 aromatic carbocycles. The lowest BCUT2D eigenvalue weighted by molar-refractivity contribution is -0.128. The Morgan fingerprint density at radius 3 is 2.35 bits per heavy atom. The Balaban J connectivity index is 1.55. The second-order valence-corrected chi connectivity index (χ2v) is 15.9. The second kappa shape index (κ2) is 17.4. The number of methoxy groups -OCH3 is 2. The maximum Gasteiger partial charge on any atom is 0.321 e. The molecule has 3 atom stereocenters. The van der Waals surface area contributed by atoms with E-state index in [9.17, 15) is 23.1 Å². The fourth-order valence-corrected chi connectivity index (χ4v) is 8.32. The van der Waals surface area contributed by atoms with Crippen molar-refractivity contribution < 1.29 is 32.6 Å². The first-order valence-corrected chi connectivity index (χ1v) is 18.8. The van der Waals surface area contributed by atoms with E-state index >= 15 is 0 Å². The minimum absolute atomic E-state index is 0.0346. The molecule has 12 nitrogen and oxygen atoms in total. The Bertz CT molecular complexity index is 1620. The van der Waals surface area contributed by atoms with E-state index in [1.54, 1.807) is 29.0 Å². The van der Waals surface area contributed by atoms with E-state index in [2.05, 4.69) is 10.3 Å². The summed E-state index contributed by atoms with van der Waals surface area (Å²) in [5.74, 6) is -0.153. The van der Waals surface area contributed by atoms with E-state index in [1.165, 1.54) is 34.9 Å². The number of carbonyl (C=O) groups is 2. The number of aromatic nitrogens is 1. The van der Waals surface area contributed by atoms with Crippen molar-refractivity contribution in [3.05, 3.63) is 76.2 Å². The molecule has 268 valence electrons. The average molecular weight is 716 g/mol. The second-order valence-electron chi connectivity index (χ2n) is 13.0. The van der Waals surface area contributed by atoms with Gasteiger partial charge < -0.3 is 29.7 Å². The first-order valence-electron chi connectivity index (χ1n) is 16.5. The first-order chi connectivity index (χ1) is 23.3. The summed E-state index contributed by atoms with van der Waals surface area (Å²) >= 11 is 1.47. The van der Waals surface area contributed by atoms with E-state index in [0.29, 0.717) is 32.0 Å². The van der Waals surface area contributed by atoms with Gasteiger partial charge in [0.2, 0.25) is 15.9 Å². The number of benzene rings is 2. The van der Waals surface area contributed by atoms with E-state index in [1.807, 2.05) is 63.4 Å². The zero-order valence-corrected chi connectivity index (χ0v) is 30.7. The Labute approximate surface area is 294 Å². The van der Waals surface area contributed by atoms with Crippen LogP contribution < -0.4 is 10.1 Å². The number of ether oxygens (including phenoxy) is 2. The molecule has 0 unspecified atom stereocenters. The molecule has 3 aromatic rings. The predicted molar refractivity (Wildman–Crippen MR) is 189 cm³/mol. The fourth-order valence-electron chi connectivity index (χ4n) is 5.95. The van der Waals surface area contributed by atoms with Gasteiger partial charge in [0.1, 0.15) is 16.8 Å². The van der Waals surface area contributed by atoms with Crippen molar-refractivity contribution in [1.82, 2.24) is 24.4 Å². The summed E-state index contributed by atoms with van der Waals surface area (Å²) in [5, 5.41) is 17.5. The van der Waals surface area contributed by atoms with Gasteiger partial charge in [-0.15, -0.1) is 11.3 Å². The molecule has 14 heteroatoms. The lowest BCUT2D eigenvalue weighted by Gasteiger charge is -2.34. The molecular formula is C35H49N5O7S2. The van der Waals surface area contributed by atoms with Gasteiger partial charge in [0.15, 0.2) is 0 Å². The van der Waals surface area contributed by atoms with Crippen molar-refractivity contribution in [2.24, 2.45) is 11.8 Å². The number of rotatable bonds is 18. The molecule has 49 heavy (non-hydrogen) atoms. The molecule has 0 saturated carbocycles. The van der Waals surface area contributed by atoms with Gasteiger partial charge in [-0.2, -0.15) is 4.31 Å². The van der Waals surface area contributed by atoms with Crippen LogP contribution in [0.2, 0.25) is 0 Å². The van der Waals surface area contributed by atoms with Crippen LogP contribution in [-0.4, -0.2) is 103 Å². The summed E-state index contributed by atoms with van der Waals surface area (Å²) < 4.78 is 39.3. The van der Waals surface area contributed by atoms with Gasteiger partial charge in [0.25, 0.3) is 0 Å². The molecule has 3 amide bonds. The lowest BCUT2D eigenvalue weighted by atomic mass is 9.97. The Morgan fingerprint density at radius 2 is 1.73 bits per heavy atom. The van der Waals surface area contributed by atoms with Gasteiger partial charge in [0.05, 0.1) is 43.0 Å². The normalized spacial score (nSPS) is 15.7. The zero-order valence-electron chi connectivity index (χ0n) is 29.1. The van der Waals surface area contributed by atoms with E-state index in [-0.39, 0.29) is 42.3 Å². The monoisotopic (exact) mass is 715 g/mol. The molecule has 4 rings (SSSR count). The van der Waals surface area contributed by atoms with E-state index in [0.717, 1.165) is 16.3 Å². The van der Waals surface area contributed by atoms with Crippen LogP contribution in [0.15, 0.2) is 64.9 Å². The number of nitrogens with one attached hydrogen (secondary N) is 1. The molecular weight excluding hydrogens is 667 g/mol. The van der Waals surface area contributed by atoms with E-state index in [4.69, 9.17) is 9.47 Å². The van der Waals surface area contributed by atoms with Gasteiger partial charge in [-0.3, -0.25) is 4.79 Å². The van der Waals surface area contributed by atoms with Gasteiger partial charge in [0, 0.05) is 38.7 Å². The Hall–Kier alpha value is -3.56. The van der Waals surface area contributed by atoms with Crippen LogP contribution in [0.1, 0.15) is 44.0 Å². The van der Waals surface area contributed by atoms with Crippen molar-refractivity contribution in [1.29, 1.82) is 0 Å². The molecule has 1 saturated heterocycles. The number of thiazole rings is 1. The summed E-state index contributed by atoms with van der Waals surface area (Å²) in [4.78, 5) is 35.6. The third-order valence-electron chi connectivity index (χ3n) is 8.33. The largest absolute Gasteiger partial charge is 0.497 e. The smallest absolute Gasteiger partial charge is 0.321 e. The van der Waals surface area contributed by atoms with Crippen LogP contribution in [0, 0.1) is 11.8 Å². The number of hydrogen-bond donors (Lipinski definition) is 2. The van der Waals surface area contributed by atoms with Crippen molar-refractivity contribution in [2.45, 2.75) is 70.4 Å². The number of nitrogens with zero attached hydrogens (tertiary/aromatic N) is 4. The van der Waals surface area contributed by atoms with Crippen LogP contribution in [0.4, 0.5) is 4.79 Å². The number of urea groups is 1. The van der Waals surface area contributed by atoms with Crippen molar-refractivity contribution in [3.8, 4) is 5.75 Å². The number of amides is 3. The first kappa shape index (κ1) is 38.2. The third kappa shape index (κ3) is 10.0. The fraction of sp³-hybridized carbons (Fsp3) is 0.514. The summed E-state index contributed by atoms with van der Waals surface area (Å²) in [7, 11) is -0.886. The molecule has 1 aliphatic heterocycles. The minimum atomic E-state index is -4.00. The van der Waals surface area contributed by atoms with Gasteiger partial charge in [-0.1, -0.05) is 58.0 Å². The number of aliphatic hydroxyl groups excluding tert-OH is 1. The highest BCUT2D eigenvalue weighted by atomic mass is 32.2. The van der Waals surface area contributed by atoms with Crippen LogP contribution in [0.3, 0.4) is 0 Å². The molecule has 0 radical (unpaired) electrons. The summed E-state index contributed by atoms with van der Waals surface area (Å²) in [6.07, 6.45) is -1.01. The zero-order chi connectivity index (χ0) is 35.7. The average Bonchev–Trinajstić information content (AvgIpc) is 3.66. The van der Waals surface area contributed by atoms with Crippen LogP contribution in [-0.2, 0) is 39.1 Å². The molecule has 2 heterocycles. The Morgan fingerprint density at radius 1 is 1.04 bits per heavy atom. The topological polar surface area (TPSA) is 142 Å². The number of aliphatic hydroxyl groups is 1. The van der Waals surface area contributed by atoms with Crippen molar-refractivity contribution in [3.63, 3.8) is 0 Å². The van der Waals surface area contributed by atoms with E-state index < -0.39 is 34.1 Å². The van der Waals surface area contributed by atoms with Crippen LogP contribution in [0.5, 0.6) is 5.75 Å². The Kier molecular flexibility index (Phi) is 13.6. The summed E-state index contributed by atoms with van der Waals surface area (Å²) in [6, 6.07) is 13.6. The molecule has 2 N–H and O–H groups in total. The van der Waals surface area contributed by atoms with Gasteiger partial charge >= 0.3 is 6.03 Å². The van der Waals surface area contributed by atoms with Crippen LogP contribution in [0.25, 0.3) is 0 Å². The quantitative estimate of drug-likeness (QED) is 0.202. The highest BCUT2D eigenvalue weighted by molar-refractivity contribution is 7.89. The van der Waals surface area contributed by atoms with Crippen LogP contribution >= 0.6 is 11.3 Å². The maximum absolute atomic E-state index is 14.1. The SMILES string of the molecule is COCc1nc(CN2CCN([C@H](C(=O)N[C@@H](Cc3ccccc3)[C@H](O)CN(CC(C)C)S(=O)(=O)c3ccc(OC)cc3)C(C)C)C2=O)cs1. The highest BCUT2D eigenvalue weighted by Crippen LogP contribution is 2.24. The molecule has 0 aliphatic carbocycles. The molecule has 1 aliphatic rings.